The molecule has 278 valence electrons. The van der Waals surface area contributed by atoms with Crippen LogP contribution in [0.4, 0.5) is 10.5 Å². The van der Waals surface area contributed by atoms with Crippen LogP contribution in [0.2, 0.25) is 0 Å². The lowest BCUT2D eigenvalue weighted by Gasteiger charge is -2.29. The van der Waals surface area contributed by atoms with E-state index in [9.17, 15) is 29.4 Å². The second-order valence-electron chi connectivity index (χ2n) is 13.3. The highest BCUT2D eigenvalue weighted by Crippen LogP contribution is 2.15. The third-order valence-corrected chi connectivity index (χ3v) is 8.64. The minimum Gasteiger partial charge on any atom is -0.445 e. The normalized spacial score (nSPS) is 14.7. The number of H-pyrrole nitrogens is 1. The van der Waals surface area contributed by atoms with Crippen molar-refractivity contribution in [2.24, 2.45) is 11.8 Å². The first-order valence-electron chi connectivity index (χ1n) is 17.4. The number of aromatic amines is 1. The molecule has 0 fully saturated rings. The number of amides is 4. The van der Waals surface area contributed by atoms with Crippen LogP contribution in [-0.4, -0.2) is 80.9 Å². The molecule has 14 nitrogen and oxygen atoms in total. The molecule has 4 amide bonds. The molecular weight excluding hydrogens is 654 g/mol. The van der Waals surface area contributed by atoms with Crippen LogP contribution in [0.25, 0.3) is 0 Å². The van der Waals surface area contributed by atoms with Crippen molar-refractivity contribution in [3.8, 4) is 0 Å². The maximum atomic E-state index is 13.9. The second-order valence-corrected chi connectivity index (χ2v) is 13.3. The quantitative estimate of drug-likeness (QED) is 0.0807. The number of nitrogens with two attached hydrogens (primary N) is 1. The van der Waals surface area contributed by atoms with E-state index in [1.807, 2.05) is 45.9 Å². The van der Waals surface area contributed by atoms with Crippen molar-refractivity contribution in [2.75, 3.05) is 12.3 Å². The molecular formula is C37H53N7O7. The molecule has 0 bridgehead atoms. The standard InChI is InChI=1S/C37H53N7O7/c1-5-24(4)32(20-45)41-34(47)18-33(46)29(15-23(2)3)42-36(49)31(17-28-19-39-22-40-28)43-35(48)30(16-25-11-13-27(38)14-12-25)44-37(50)51-21-26-9-7-6-8-10-26/h6-14,19,22-24,29-33,45-46H,5,15-18,20-21,38H2,1-4H3,(H,39,40)(H,41,47)(H,42,49)(H,43,48)(H,44,50)/t24-,29-,30-,31-,32+,33-/m0/s1. The smallest absolute Gasteiger partial charge is 0.408 e. The number of nitrogens with zero attached hydrogens (tertiary/aromatic N) is 1. The Kier molecular flexibility index (Phi) is 16.4. The molecule has 0 unspecified atom stereocenters. The van der Waals surface area contributed by atoms with Crippen molar-refractivity contribution in [3.05, 3.63) is 83.9 Å². The number of imidazole rings is 1. The summed E-state index contributed by atoms with van der Waals surface area (Å²) in [4.78, 5) is 60.5. The Morgan fingerprint density at radius 1 is 0.863 bits per heavy atom. The number of rotatable bonds is 20. The van der Waals surface area contributed by atoms with Gasteiger partial charge in [0.25, 0.3) is 0 Å². The zero-order chi connectivity index (χ0) is 37.3. The summed E-state index contributed by atoms with van der Waals surface area (Å²) in [7, 11) is 0. The number of benzene rings is 2. The first kappa shape index (κ1) is 40.5. The van der Waals surface area contributed by atoms with E-state index in [2.05, 4.69) is 31.2 Å². The van der Waals surface area contributed by atoms with Crippen LogP contribution in [0.1, 0.15) is 63.8 Å². The molecule has 9 N–H and O–H groups in total. The number of ether oxygens (including phenoxy) is 1. The number of nitrogen functional groups attached to an aromatic ring is 1. The molecule has 0 aliphatic carbocycles. The van der Waals surface area contributed by atoms with Crippen LogP contribution in [0.5, 0.6) is 0 Å². The number of carbonyl (C=O) groups is 4. The summed E-state index contributed by atoms with van der Waals surface area (Å²) >= 11 is 0. The van der Waals surface area contributed by atoms with Crippen molar-refractivity contribution >= 4 is 29.5 Å². The predicted molar refractivity (Wildman–Crippen MR) is 193 cm³/mol. The Bertz CT molecular complexity index is 1500. The molecule has 0 saturated heterocycles. The monoisotopic (exact) mass is 707 g/mol. The second kappa shape index (κ2) is 20.7. The maximum absolute atomic E-state index is 13.9. The average Bonchev–Trinajstić information content (AvgIpc) is 3.62. The van der Waals surface area contributed by atoms with Gasteiger partial charge in [0, 0.05) is 30.4 Å². The van der Waals surface area contributed by atoms with E-state index in [-0.39, 0.29) is 44.3 Å². The average molecular weight is 708 g/mol. The van der Waals surface area contributed by atoms with Crippen molar-refractivity contribution in [2.45, 2.75) is 96.7 Å². The fourth-order valence-electron chi connectivity index (χ4n) is 5.46. The minimum atomic E-state index is -1.25. The van der Waals surface area contributed by atoms with Gasteiger partial charge in [-0.05, 0) is 41.5 Å². The van der Waals surface area contributed by atoms with Gasteiger partial charge in [-0.3, -0.25) is 14.4 Å². The highest BCUT2D eigenvalue weighted by Gasteiger charge is 2.32. The summed E-state index contributed by atoms with van der Waals surface area (Å²) in [5, 5.41) is 31.9. The van der Waals surface area contributed by atoms with E-state index in [1.54, 1.807) is 36.4 Å². The van der Waals surface area contributed by atoms with E-state index < -0.39 is 54.1 Å². The van der Waals surface area contributed by atoms with Gasteiger partial charge >= 0.3 is 6.09 Å². The lowest BCUT2D eigenvalue weighted by atomic mass is 9.95. The van der Waals surface area contributed by atoms with Crippen LogP contribution in [0.3, 0.4) is 0 Å². The largest absolute Gasteiger partial charge is 0.445 e. The van der Waals surface area contributed by atoms with Gasteiger partial charge in [-0.25, -0.2) is 9.78 Å². The van der Waals surface area contributed by atoms with Crippen molar-refractivity contribution < 1.29 is 34.1 Å². The van der Waals surface area contributed by atoms with Gasteiger partial charge in [-0.2, -0.15) is 0 Å². The van der Waals surface area contributed by atoms with Gasteiger partial charge in [-0.1, -0.05) is 76.6 Å². The number of hydrogen-bond acceptors (Lipinski definition) is 9. The summed E-state index contributed by atoms with van der Waals surface area (Å²) in [6.07, 6.45) is 1.77. The van der Waals surface area contributed by atoms with E-state index in [4.69, 9.17) is 10.5 Å². The predicted octanol–water partition coefficient (Wildman–Crippen LogP) is 2.36. The number of aliphatic hydroxyl groups is 2. The van der Waals surface area contributed by atoms with Gasteiger partial charge in [0.05, 0.1) is 37.5 Å². The molecule has 0 aliphatic heterocycles. The van der Waals surface area contributed by atoms with Crippen LogP contribution in [0.15, 0.2) is 67.1 Å². The molecule has 0 saturated carbocycles. The number of hydrogen-bond donors (Lipinski definition) is 8. The van der Waals surface area contributed by atoms with Gasteiger partial charge in [0.15, 0.2) is 0 Å². The number of carbonyl (C=O) groups excluding carboxylic acids is 4. The van der Waals surface area contributed by atoms with E-state index in [0.717, 1.165) is 12.0 Å². The first-order valence-corrected chi connectivity index (χ1v) is 17.4. The van der Waals surface area contributed by atoms with Crippen LogP contribution in [-0.2, 0) is 38.6 Å². The molecule has 3 aromatic rings. The fraction of sp³-hybridized carbons (Fsp3) is 0.486. The summed E-state index contributed by atoms with van der Waals surface area (Å²) in [5.41, 5.74) is 8.41. The molecule has 0 aliphatic rings. The third-order valence-electron chi connectivity index (χ3n) is 8.64. The summed E-state index contributed by atoms with van der Waals surface area (Å²) in [6, 6.07) is 12.3. The van der Waals surface area contributed by atoms with Crippen molar-refractivity contribution in [3.63, 3.8) is 0 Å². The summed E-state index contributed by atoms with van der Waals surface area (Å²) in [5.74, 6) is -1.65. The number of aliphatic hydroxyl groups excluding tert-OH is 2. The first-order chi connectivity index (χ1) is 24.4. The lowest BCUT2D eigenvalue weighted by molar-refractivity contribution is -0.131. The Hall–Kier alpha value is -4.95. The van der Waals surface area contributed by atoms with E-state index >= 15 is 0 Å². The molecule has 1 heterocycles. The molecule has 3 rings (SSSR count). The molecule has 14 heteroatoms. The molecule has 0 radical (unpaired) electrons. The SMILES string of the molecule is CC[C@H](C)[C@@H](CO)NC(=O)C[C@H](O)[C@H](CC(C)C)NC(=O)[C@H](Cc1cnc[nH]1)NC(=O)[C@H](Cc1ccc(N)cc1)NC(=O)OCc1ccccc1. The fourth-order valence-corrected chi connectivity index (χ4v) is 5.46. The lowest BCUT2D eigenvalue weighted by Crippen LogP contribution is -2.57. The Labute approximate surface area is 299 Å². The highest BCUT2D eigenvalue weighted by molar-refractivity contribution is 5.91. The summed E-state index contributed by atoms with van der Waals surface area (Å²) in [6.45, 7) is 7.46. The topological polar surface area (TPSA) is 221 Å². The molecule has 6 atom stereocenters. The Morgan fingerprint density at radius 2 is 1.53 bits per heavy atom. The number of alkyl carbamates (subject to hydrolysis) is 1. The molecule has 0 spiro atoms. The Morgan fingerprint density at radius 3 is 2.14 bits per heavy atom. The summed E-state index contributed by atoms with van der Waals surface area (Å²) < 4.78 is 5.38. The third kappa shape index (κ3) is 14.1. The van der Waals surface area contributed by atoms with Crippen molar-refractivity contribution in [1.29, 1.82) is 0 Å². The number of aromatic nitrogens is 2. The van der Waals surface area contributed by atoms with Crippen LogP contribution < -0.4 is 27.0 Å². The van der Waals surface area contributed by atoms with Crippen molar-refractivity contribution in [1.82, 2.24) is 31.2 Å². The van der Waals surface area contributed by atoms with Gasteiger partial charge in [0.1, 0.15) is 18.7 Å². The maximum Gasteiger partial charge on any atom is 0.408 e. The van der Waals surface area contributed by atoms with E-state index in [1.165, 1.54) is 12.5 Å². The Balaban J connectivity index is 1.79. The van der Waals surface area contributed by atoms with Gasteiger partial charge in [0.2, 0.25) is 17.7 Å². The molecule has 51 heavy (non-hydrogen) atoms. The van der Waals surface area contributed by atoms with Crippen LogP contribution in [0, 0.1) is 11.8 Å². The van der Waals surface area contributed by atoms with Gasteiger partial charge in [-0.15, -0.1) is 0 Å². The van der Waals surface area contributed by atoms with Gasteiger partial charge < -0.3 is 46.9 Å². The molecule has 1 aromatic heterocycles. The van der Waals surface area contributed by atoms with Crippen LogP contribution >= 0.6 is 0 Å². The number of anilines is 1. The minimum absolute atomic E-state index is 0.0103. The number of nitrogens with one attached hydrogen (secondary N) is 5. The van der Waals surface area contributed by atoms with E-state index in [0.29, 0.717) is 23.4 Å². The highest BCUT2D eigenvalue weighted by atomic mass is 16.5. The zero-order valence-corrected chi connectivity index (χ0v) is 29.8. The zero-order valence-electron chi connectivity index (χ0n) is 29.8. The molecule has 2 aromatic carbocycles.